The third kappa shape index (κ3) is 6.03. The number of benzene rings is 3. The van der Waals surface area contributed by atoms with Crippen LogP contribution in [0.25, 0.3) is 0 Å². The summed E-state index contributed by atoms with van der Waals surface area (Å²) in [5, 5.41) is 25.5. The van der Waals surface area contributed by atoms with E-state index in [9.17, 15) is 20.0 Å². The van der Waals surface area contributed by atoms with Crippen molar-refractivity contribution < 1.29 is 19.6 Å². The van der Waals surface area contributed by atoms with E-state index in [2.05, 4.69) is 10.5 Å². The normalized spacial score (nSPS) is 10.7. The number of ether oxygens (including phenoxy) is 1. The van der Waals surface area contributed by atoms with Crippen molar-refractivity contribution >= 4 is 29.4 Å². The third-order valence-electron chi connectivity index (χ3n) is 4.26. The molecule has 8 nitrogen and oxygen atoms in total. The number of aromatic hydroxyl groups is 1. The van der Waals surface area contributed by atoms with Crippen molar-refractivity contribution in [3.63, 3.8) is 0 Å². The standard InChI is InChI=1S/C22H18ClN3O5/c23-18-6-2-1-5-16(18)11-15-9-10-20(27)17(12-15)13-24-25-22(28)14-31-21-8-4-3-7-19(21)26(29)30/h1-10,12-13,27H,11,14H2,(H,25,28)/b24-13+. The number of phenolic OH excluding ortho intramolecular Hbond substituents is 1. The van der Waals surface area contributed by atoms with Crippen LogP contribution in [0.3, 0.4) is 0 Å². The first-order valence-corrected chi connectivity index (χ1v) is 9.55. The maximum Gasteiger partial charge on any atom is 0.310 e. The van der Waals surface area contributed by atoms with Gasteiger partial charge in [0, 0.05) is 16.7 Å². The molecule has 3 aromatic rings. The average molecular weight is 440 g/mol. The minimum atomic E-state index is -0.610. The molecule has 3 aromatic carbocycles. The third-order valence-corrected chi connectivity index (χ3v) is 4.63. The Hall–Kier alpha value is -3.91. The molecule has 0 heterocycles. The highest BCUT2D eigenvalue weighted by molar-refractivity contribution is 6.31. The number of nitrogens with zero attached hydrogens (tertiary/aromatic N) is 2. The predicted octanol–water partition coefficient (Wildman–Crippen LogP) is 4.07. The molecule has 0 spiro atoms. The molecule has 0 aliphatic rings. The average Bonchev–Trinajstić information content (AvgIpc) is 2.76. The van der Waals surface area contributed by atoms with Gasteiger partial charge in [-0.25, -0.2) is 5.43 Å². The van der Waals surface area contributed by atoms with Gasteiger partial charge in [0.15, 0.2) is 12.4 Å². The molecule has 0 aromatic heterocycles. The summed E-state index contributed by atoms with van der Waals surface area (Å²) < 4.78 is 5.19. The van der Waals surface area contributed by atoms with Gasteiger partial charge in [-0.15, -0.1) is 0 Å². The lowest BCUT2D eigenvalue weighted by Gasteiger charge is -2.07. The van der Waals surface area contributed by atoms with Crippen molar-refractivity contribution in [1.29, 1.82) is 0 Å². The highest BCUT2D eigenvalue weighted by atomic mass is 35.5. The molecule has 31 heavy (non-hydrogen) atoms. The van der Waals surface area contributed by atoms with Crippen LogP contribution in [0.4, 0.5) is 5.69 Å². The quantitative estimate of drug-likeness (QED) is 0.312. The van der Waals surface area contributed by atoms with Gasteiger partial charge in [0.05, 0.1) is 11.1 Å². The lowest BCUT2D eigenvalue weighted by Crippen LogP contribution is -2.24. The Morgan fingerprint density at radius 3 is 2.68 bits per heavy atom. The molecule has 0 bridgehead atoms. The van der Waals surface area contributed by atoms with Crippen LogP contribution in [0, 0.1) is 10.1 Å². The Bertz CT molecular complexity index is 1130. The molecule has 1 amide bonds. The smallest absolute Gasteiger partial charge is 0.310 e. The summed E-state index contributed by atoms with van der Waals surface area (Å²) >= 11 is 6.19. The largest absolute Gasteiger partial charge is 0.507 e. The molecule has 0 saturated carbocycles. The van der Waals surface area contributed by atoms with Crippen molar-refractivity contribution in [1.82, 2.24) is 5.43 Å². The molecule has 2 N–H and O–H groups in total. The summed E-state index contributed by atoms with van der Waals surface area (Å²) in [5.74, 6) is -0.630. The first-order chi connectivity index (χ1) is 14.9. The molecule has 0 atom stereocenters. The van der Waals surface area contributed by atoms with Gasteiger partial charge in [0.25, 0.3) is 5.91 Å². The number of para-hydroxylation sites is 2. The van der Waals surface area contributed by atoms with E-state index in [1.54, 1.807) is 24.3 Å². The van der Waals surface area contributed by atoms with Crippen LogP contribution in [0.1, 0.15) is 16.7 Å². The van der Waals surface area contributed by atoms with Gasteiger partial charge < -0.3 is 9.84 Å². The number of halogens is 1. The first kappa shape index (κ1) is 21.8. The Morgan fingerprint density at radius 1 is 1.16 bits per heavy atom. The number of nitro benzene ring substituents is 1. The number of nitrogens with one attached hydrogen (secondary N) is 1. The number of nitro groups is 1. The number of amides is 1. The van der Waals surface area contributed by atoms with Gasteiger partial charge in [-0.05, 0) is 41.8 Å². The van der Waals surface area contributed by atoms with Crippen molar-refractivity contribution in [3.05, 3.63) is 98.6 Å². The summed E-state index contributed by atoms with van der Waals surface area (Å²) in [6.45, 7) is -0.458. The summed E-state index contributed by atoms with van der Waals surface area (Å²) in [4.78, 5) is 22.3. The Balaban J connectivity index is 1.60. The molecule has 3 rings (SSSR count). The van der Waals surface area contributed by atoms with Crippen molar-refractivity contribution in [2.24, 2.45) is 5.10 Å². The van der Waals surface area contributed by atoms with Gasteiger partial charge in [0.1, 0.15) is 5.75 Å². The highest BCUT2D eigenvalue weighted by Crippen LogP contribution is 2.25. The van der Waals surface area contributed by atoms with Gasteiger partial charge in [0.2, 0.25) is 0 Å². The van der Waals surface area contributed by atoms with Crippen LogP contribution < -0.4 is 10.2 Å². The van der Waals surface area contributed by atoms with E-state index >= 15 is 0 Å². The van der Waals surface area contributed by atoms with Gasteiger partial charge in [-0.1, -0.05) is 48.0 Å². The van der Waals surface area contributed by atoms with E-state index < -0.39 is 17.4 Å². The second-order valence-corrected chi connectivity index (χ2v) is 6.88. The topological polar surface area (TPSA) is 114 Å². The van der Waals surface area contributed by atoms with Crippen LogP contribution in [0.2, 0.25) is 5.02 Å². The molecule has 0 aliphatic heterocycles. The fourth-order valence-electron chi connectivity index (χ4n) is 2.76. The van der Waals surface area contributed by atoms with Crippen LogP contribution >= 0.6 is 11.6 Å². The molecular weight excluding hydrogens is 422 g/mol. The fraction of sp³-hybridized carbons (Fsp3) is 0.0909. The lowest BCUT2D eigenvalue weighted by atomic mass is 10.0. The zero-order valence-electron chi connectivity index (χ0n) is 16.2. The molecule has 0 aliphatic carbocycles. The first-order valence-electron chi connectivity index (χ1n) is 9.17. The summed E-state index contributed by atoms with van der Waals surface area (Å²) in [6.07, 6.45) is 1.87. The van der Waals surface area contributed by atoms with E-state index in [0.29, 0.717) is 17.0 Å². The lowest BCUT2D eigenvalue weighted by molar-refractivity contribution is -0.385. The second kappa shape index (κ2) is 10.2. The molecule has 9 heteroatoms. The van der Waals surface area contributed by atoms with E-state index in [1.807, 2.05) is 18.2 Å². The number of hydrogen-bond donors (Lipinski definition) is 2. The fourth-order valence-corrected chi connectivity index (χ4v) is 2.96. The van der Waals surface area contributed by atoms with E-state index in [1.165, 1.54) is 30.5 Å². The summed E-state index contributed by atoms with van der Waals surface area (Å²) in [6, 6.07) is 18.3. The summed E-state index contributed by atoms with van der Waals surface area (Å²) in [5.41, 5.74) is 4.27. The number of carbonyl (C=O) groups is 1. The van der Waals surface area contributed by atoms with E-state index in [4.69, 9.17) is 16.3 Å². The van der Waals surface area contributed by atoms with Crippen LogP contribution in [-0.2, 0) is 11.2 Å². The molecular formula is C22H18ClN3O5. The number of hydrazone groups is 1. The number of carbonyl (C=O) groups excluding carboxylic acids is 1. The Labute approximate surface area is 182 Å². The second-order valence-electron chi connectivity index (χ2n) is 6.47. The van der Waals surface area contributed by atoms with E-state index in [0.717, 1.165) is 11.1 Å². The van der Waals surface area contributed by atoms with Crippen molar-refractivity contribution in [3.8, 4) is 11.5 Å². The minimum Gasteiger partial charge on any atom is -0.507 e. The SMILES string of the molecule is O=C(COc1ccccc1[N+](=O)[O-])N/N=C/c1cc(Cc2ccccc2Cl)ccc1O. The maximum absolute atomic E-state index is 11.9. The highest BCUT2D eigenvalue weighted by Gasteiger charge is 2.14. The van der Waals surface area contributed by atoms with Crippen molar-refractivity contribution in [2.75, 3.05) is 6.61 Å². The molecule has 158 valence electrons. The Morgan fingerprint density at radius 2 is 1.90 bits per heavy atom. The maximum atomic E-state index is 11.9. The van der Waals surface area contributed by atoms with Gasteiger partial charge in [-0.3, -0.25) is 14.9 Å². The summed E-state index contributed by atoms with van der Waals surface area (Å²) in [7, 11) is 0. The zero-order chi connectivity index (χ0) is 22.2. The molecule has 0 fully saturated rings. The number of rotatable bonds is 8. The zero-order valence-corrected chi connectivity index (χ0v) is 17.0. The molecule has 0 radical (unpaired) electrons. The monoisotopic (exact) mass is 439 g/mol. The molecule has 0 unspecified atom stereocenters. The van der Waals surface area contributed by atoms with Gasteiger partial charge in [-0.2, -0.15) is 5.10 Å². The number of phenols is 1. The number of hydrogen-bond acceptors (Lipinski definition) is 6. The Kier molecular flexibility index (Phi) is 7.18. The predicted molar refractivity (Wildman–Crippen MR) is 117 cm³/mol. The van der Waals surface area contributed by atoms with Crippen LogP contribution in [-0.4, -0.2) is 28.8 Å². The van der Waals surface area contributed by atoms with Crippen molar-refractivity contribution in [2.45, 2.75) is 6.42 Å². The van der Waals surface area contributed by atoms with E-state index in [-0.39, 0.29) is 17.2 Å². The van der Waals surface area contributed by atoms with Crippen LogP contribution in [0.15, 0.2) is 71.8 Å². The van der Waals surface area contributed by atoms with Crippen LogP contribution in [0.5, 0.6) is 11.5 Å². The van der Waals surface area contributed by atoms with Gasteiger partial charge >= 0.3 is 5.69 Å². The molecule has 0 saturated heterocycles. The minimum absolute atomic E-state index is 0.00271.